The second-order valence-electron chi connectivity index (χ2n) is 9.79. The van der Waals surface area contributed by atoms with Crippen LogP contribution in [0.1, 0.15) is 52.8 Å². The van der Waals surface area contributed by atoms with Crippen LogP contribution in [0.3, 0.4) is 0 Å². The molecule has 1 atom stereocenters. The summed E-state index contributed by atoms with van der Waals surface area (Å²) in [5.41, 5.74) is 3.69. The first-order chi connectivity index (χ1) is 18.5. The molecule has 1 aromatic heterocycles. The molecule has 0 saturated carbocycles. The molecule has 1 saturated heterocycles. The van der Waals surface area contributed by atoms with Crippen LogP contribution < -0.4 is 9.47 Å². The normalized spacial score (nSPS) is 16.6. The first kappa shape index (κ1) is 25.8. The number of esters is 1. The number of carbonyl (C=O) groups excluding carboxylic acids is 2. The molecule has 2 aromatic carbocycles. The van der Waals surface area contributed by atoms with Gasteiger partial charge in [-0.3, -0.25) is 14.5 Å². The highest BCUT2D eigenvalue weighted by Crippen LogP contribution is 2.33. The number of likely N-dealkylation sites (tertiary alicyclic amines) is 1. The maximum atomic E-state index is 13.2. The number of hydrogen-bond donors (Lipinski definition) is 0. The van der Waals surface area contributed by atoms with E-state index in [1.54, 1.807) is 11.8 Å². The molecular formula is C29H33N3O6. The average Bonchev–Trinajstić information content (AvgIpc) is 3.59. The summed E-state index contributed by atoms with van der Waals surface area (Å²) in [6.07, 6.45) is 2.89. The van der Waals surface area contributed by atoms with Gasteiger partial charge in [0.15, 0.2) is 17.2 Å². The van der Waals surface area contributed by atoms with Crippen LogP contribution in [0.15, 0.2) is 53.1 Å². The molecule has 5 rings (SSSR count). The average molecular weight is 520 g/mol. The van der Waals surface area contributed by atoms with Gasteiger partial charge in [0.05, 0.1) is 19.1 Å². The summed E-state index contributed by atoms with van der Waals surface area (Å²) < 4.78 is 21.9. The third kappa shape index (κ3) is 6.16. The molecule has 0 radical (unpaired) electrons. The van der Waals surface area contributed by atoms with E-state index in [-0.39, 0.29) is 30.3 Å². The summed E-state index contributed by atoms with van der Waals surface area (Å²) in [5.74, 6) is 1.17. The van der Waals surface area contributed by atoms with Crippen LogP contribution in [-0.4, -0.2) is 53.1 Å². The van der Waals surface area contributed by atoms with Gasteiger partial charge >= 0.3 is 5.97 Å². The lowest BCUT2D eigenvalue weighted by molar-refractivity contribution is -0.149. The molecule has 0 spiro atoms. The number of aromatic nitrogens is 1. The van der Waals surface area contributed by atoms with E-state index in [1.807, 2.05) is 18.2 Å². The Morgan fingerprint density at radius 3 is 2.63 bits per heavy atom. The fourth-order valence-corrected chi connectivity index (χ4v) is 4.87. The van der Waals surface area contributed by atoms with Gasteiger partial charge in [-0.15, -0.1) is 0 Å². The van der Waals surface area contributed by atoms with Crippen molar-refractivity contribution < 1.29 is 28.2 Å². The Balaban J connectivity index is 1.28. The molecule has 38 heavy (non-hydrogen) atoms. The number of ether oxygens (including phenoxy) is 3. The van der Waals surface area contributed by atoms with Crippen molar-refractivity contribution in [3.8, 4) is 11.5 Å². The zero-order chi connectivity index (χ0) is 26.5. The molecule has 2 aliphatic rings. The second kappa shape index (κ2) is 11.7. The summed E-state index contributed by atoms with van der Waals surface area (Å²) in [6, 6.07) is 14.4. The van der Waals surface area contributed by atoms with E-state index in [2.05, 4.69) is 41.1 Å². The highest BCUT2D eigenvalue weighted by Gasteiger charge is 2.31. The Kier molecular flexibility index (Phi) is 7.93. The molecule has 9 nitrogen and oxygen atoms in total. The van der Waals surface area contributed by atoms with Crippen molar-refractivity contribution in [3.63, 3.8) is 0 Å². The minimum atomic E-state index is -0.300. The molecule has 9 heteroatoms. The number of benzene rings is 2. The van der Waals surface area contributed by atoms with Crippen LogP contribution in [-0.2, 0) is 29.2 Å². The lowest BCUT2D eigenvalue weighted by Gasteiger charge is -2.30. The van der Waals surface area contributed by atoms with Gasteiger partial charge < -0.3 is 23.5 Å². The van der Waals surface area contributed by atoms with E-state index in [9.17, 15) is 9.59 Å². The third-order valence-electron chi connectivity index (χ3n) is 6.83. The molecule has 0 aliphatic carbocycles. The number of piperidine rings is 1. The number of carbonyl (C=O) groups is 2. The topological polar surface area (TPSA) is 94.3 Å². The van der Waals surface area contributed by atoms with Gasteiger partial charge in [-0.2, -0.15) is 0 Å². The monoisotopic (exact) mass is 519 g/mol. The van der Waals surface area contributed by atoms with Gasteiger partial charge in [-0.25, -0.2) is 4.98 Å². The number of amides is 1. The number of nitrogens with zero attached hydrogens (tertiary/aromatic N) is 3. The Morgan fingerprint density at radius 1 is 1.05 bits per heavy atom. The van der Waals surface area contributed by atoms with E-state index < -0.39 is 0 Å². The molecule has 1 amide bonds. The predicted octanol–water partition coefficient (Wildman–Crippen LogP) is 4.33. The van der Waals surface area contributed by atoms with Crippen molar-refractivity contribution in [2.75, 3.05) is 26.5 Å². The molecule has 200 valence electrons. The Labute approximate surface area is 222 Å². The van der Waals surface area contributed by atoms with Gasteiger partial charge in [-0.1, -0.05) is 35.9 Å². The Morgan fingerprint density at radius 2 is 1.82 bits per heavy atom. The summed E-state index contributed by atoms with van der Waals surface area (Å²) >= 11 is 0. The summed E-state index contributed by atoms with van der Waals surface area (Å²) in [4.78, 5) is 33.8. The molecule has 0 bridgehead atoms. The van der Waals surface area contributed by atoms with Crippen molar-refractivity contribution in [3.05, 3.63) is 77.0 Å². The van der Waals surface area contributed by atoms with Gasteiger partial charge in [0.25, 0.3) is 5.91 Å². The highest BCUT2D eigenvalue weighted by molar-refractivity contribution is 5.92. The molecule has 3 heterocycles. The summed E-state index contributed by atoms with van der Waals surface area (Å²) in [7, 11) is 0. The van der Waals surface area contributed by atoms with Crippen LogP contribution in [0.2, 0.25) is 0 Å². The number of fused-ring (bicyclic) bond motifs is 1. The van der Waals surface area contributed by atoms with E-state index >= 15 is 0 Å². The number of aryl methyl sites for hydroxylation is 1. The van der Waals surface area contributed by atoms with Crippen LogP contribution in [0.4, 0.5) is 0 Å². The zero-order valence-corrected chi connectivity index (χ0v) is 21.9. The van der Waals surface area contributed by atoms with E-state index in [0.29, 0.717) is 45.2 Å². The van der Waals surface area contributed by atoms with Crippen molar-refractivity contribution in [2.45, 2.75) is 46.3 Å². The first-order valence-electron chi connectivity index (χ1n) is 13.0. The lowest BCUT2D eigenvalue weighted by Crippen LogP contribution is -2.43. The smallest absolute Gasteiger partial charge is 0.310 e. The third-order valence-corrected chi connectivity index (χ3v) is 6.83. The molecule has 1 unspecified atom stereocenters. The largest absolute Gasteiger partial charge is 0.466 e. The fraction of sp³-hybridized carbons (Fsp3) is 0.414. The maximum Gasteiger partial charge on any atom is 0.310 e. The van der Waals surface area contributed by atoms with Gasteiger partial charge in [-0.05, 0) is 49.9 Å². The maximum absolute atomic E-state index is 13.2. The highest BCUT2D eigenvalue weighted by atomic mass is 16.7. The fourth-order valence-electron chi connectivity index (χ4n) is 4.87. The molecular weight excluding hydrogens is 486 g/mol. The number of rotatable bonds is 9. The van der Waals surface area contributed by atoms with Crippen LogP contribution in [0, 0.1) is 12.8 Å². The van der Waals surface area contributed by atoms with Gasteiger partial charge in [0.2, 0.25) is 12.7 Å². The lowest BCUT2D eigenvalue weighted by atomic mass is 9.98. The standard InChI is InChI=1S/C29H33N3O6/c1-3-35-29(34)23-5-4-12-32(16-23)28(33)24-18-36-27(30-24)17-31(14-21-8-6-20(2)7-9-21)15-22-10-11-25-26(13-22)38-19-37-25/h6-11,13,18,23H,3-5,12,14-17,19H2,1-2H3. The molecule has 1 fully saturated rings. The molecule has 0 N–H and O–H groups in total. The minimum absolute atomic E-state index is 0.227. The quantitative estimate of drug-likeness (QED) is 0.386. The van der Waals surface area contributed by atoms with E-state index in [1.165, 1.54) is 11.8 Å². The van der Waals surface area contributed by atoms with E-state index in [0.717, 1.165) is 35.5 Å². The zero-order valence-electron chi connectivity index (χ0n) is 21.9. The molecule has 3 aromatic rings. The Hall–Kier alpha value is -3.85. The predicted molar refractivity (Wildman–Crippen MR) is 138 cm³/mol. The van der Waals surface area contributed by atoms with Crippen molar-refractivity contribution in [1.82, 2.24) is 14.8 Å². The summed E-state index contributed by atoms with van der Waals surface area (Å²) in [5, 5.41) is 0. The van der Waals surface area contributed by atoms with Crippen molar-refractivity contribution in [2.24, 2.45) is 5.92 Å². The SMILES string of the molecule is CCOC(=O)C1CCCN(C(=O)c2coc(CN(Cc3ccc(C)cc3)Cc3ccc4c(c3)OCO4)n2)C1. The van der Waals surface area contributed by atoms with Crippen LogP contribution in [0.5, 0.6) is 11.5 Å². The van der Waals surface area contributed by atoms with Crippen molar-refractivity contribution >= 4 is 11.9 Å². The Bertz CT molecular complexity index is 1270. The van der Waals surface area contributed by atoms with E-state index in [4.69, 9.17) is 18.6 Å². The van der Waals surface area contributed by atoms with Gasteiger partial charge in [0, 0.05) is 26.2 Å². The minimum Gasteiger partial charge on any atom is -0.466 e. The first-order valence-corrected chi connectivity index (χ1v) is 13.0. The van der Waals surface area contributed by atoms with Crippen molar-refractivity contribution in [1.29, 1.82) is 0 Å². The number of hydrogen-bond acceptors (Lipinski definition) is 8. The summed E-state index contributed by atoms with van der Waals surface area (Å²) in [6.45, 7) is 7.06. The molecule has 2 aliphatic heterocycles. The van der Waals surface area contributed by atoms with Gasteiger partial charge in [0.1, 0.15) is 6.26 Å². The van der Waals surface area contributed by atoms with Crippen LogP contribution in [0.25, 0.3) is 0 Å². The van der Waals surface area contributed by atoms with Crippen LogP contribution >= 0.6 is 0 Å². The second-order valence-corrected chi connectivity index (χ2v) is 9.79. The number of oxazole rings is 1.